The number of amides is 1. The van der Waals surface area contributed by atoms with Crippen molar-refractivity contribution in [1.29, 1.82) is 5.26 Å². The number of rotatable bonds is 8. The molecule has 1 amide bonds. The van der Waals surface area contributed by atoms with E-state index < -0.39 is 0 Å². The maximum absolute atomic E-state index is 13.5. The molecule has 0 atom stereocenters. The van der Waals surface area contributed by atoms with E-state index in [4.69, 9.17) is 9.97 Å². The van der Waals surface area contributed by atoms with Crippen LogP contribution in [-0.2, 0) is 11.2 Å². The third-order valence-corrected chi connectivity index (χ3v) is 9.67. The van der Waals surface area contributed by atoms with Crippen LogP contribution in [0, 0.1) is 23.1 Å². The number of piperidine rings is 1. The summed E-state index contributed by atoms with van der Waals surface area (Å²) < 4.78 is 15.6. The third kappa shape index (κ3) is 5.65. The number of nitrogens with one attached hydrogen (secondary N) is 2. The first-order valence-corrected chi connectivity index (χ1v) is 16.2. The largest absolute Gasteiger partial charge is 0.353 e. The number of carbonyl (C=O) groups excluding carboxylic acids is 1. The van der Waals surface area contributed by atoms with Crippen LogP contribution in [0.25, 0.3) is 28.0 Å². The number of nitrogens with zero attached hydrogens (tertiary/aromatic N) is 8. The second-order valence-electron chi connectivity index (χ2n) is 11.6. The molecule has 1 aromatic carbocycles. The molecule has 2 fully saturated rings. The zero-order valence-corrected chi connectivity index (χ0v) is 26.4. The van der Waals surface area contributed by atoms with Gasteiger partial charge in [0.05, 0.1) is 11.6 Å². The average Bonchev–Trinajstić information content (AvgIpc) is 3.66. The summed E-state index contributed by atoms with van der Waals surface area (Å²) in [4.78, 5) is 36.0. The van der Waals surface area contributed by atoms with Gasteiger partial charge in [-0.1, -0.05) is 18.3 Å². The Hall–Kier alpha value is -4.93. The van der Waals surface area contributed by atoms with Gasteiger partial charge in [0, 0.05) is 61.5 Å². The van der Waals surface area contributed by atoms with Crippen molar-refractivity contribution < 1.29 is 9.18 Å². The number of aromatic nitrogens is 5. The van der Waals surface area contributed by atoms with Crippen molar-refractivity contribution in [2.45, 2.75) is 32.2 Å². The van der Waals surface area contributed by atoms with Crippen LogP contribution in [0.3, 0.4) is 0 Å². The highest BCUT2D eigenvalue weighted by Gasteiger charge is 2.35. The lowest BCUT2D eigenvalue weighted by Gasteiger charge is -2.39. The summed E-state index contributed by atoms with van der Waals surface area (Å²) in [7, 11) is 1.91. The van der Waals surface area contributed by atoms with Gasteiger partial charge in [0.1, 0.15) is 33.9 Å². The molecule has 0 saturated carbocycles. The quantitative estimate of drug-likeness (QED) is 0.252. The maximum atomic E-state index is 13.5. The molecular formula is C33H33FN10OS. The highest BCUT2D eigenvalue weighted by Crippen LogP contribution is 2.37. The van der Waals surface area contributed by atoms with Crippen LogP contribution >= 0.6 is 11.3 Å². The summed E-state index contributed by atoms with van der Waals surface area (Å²) in [6.45, 7) is 5.17. The Bertz CT molecular complexity index is 1920. The van der Waals surface area contributed by atoms with Gasteiger partial charge in [0.2, 0.25) is 11.9 Å². The molecule has 0 spiro atoms. The maximum Gasteiger partial charge on any atom is 0.226 e. The van der Waals surface area contributed by atoms with Crippen LogP contribution in [0.1, 0.15) is 30.3 Å². The topological polar surface area (TPSA) is 127 Å². The minimum atomic E-state index is -0.342. The first kappa shape index (κ1) is 29.8. The van der Waals surface area contributed by atoms with Crippen molar-refractivity contribution in [3.63, 3.8) is 0 Å². The molecular weight excluding hydrogens is 603 g/mol. The van der Waals surface area contributed by atoms with Crippen molar-refractivity contribution >= 4 is 39.8 Å². The molecule has 13 heteroatoms. The van der Waals surface area contributed by atoms with Crippen molar-refractivity contribution in [3.05, 3.63) is 71.4 Å². The summed E-state index contributed by atoms with van der Waals surface area (Å²) in [5.41, 5.74) is 4.65. The minimum absolute atomic E-state index is 0.0428. The Kier molecular flexibility index (Phi) is 8.06. The molecule has 7 rings (SSSR count). The van der Waals surface area contributed by atoms with E-state index in [-0.39, 0.29) is 23.7 Å². The summed E-state index contributed by atoms with van der Waals surface area (Å²) >= 11 is 1.28. The van der Waals surface area contributed by atoms with Crippen LogP contribution in [0.2, 0.25) is 0 Å². The second-order valence-corrected chi connectivity index (χ2v) is 12.6. The molecule has 11 nitrogen and oxygen atoms in total. The minimum Gasteiger partial charge on any atom is -0.353 e. The molecule has 46 heavy (non-hydrogen) atoms. The molecule has 0 unspecified atom stereocenters. The Morgan fingerprint density at radius 1 is 1.09 bits per heavy atom. The van der Waals surface area contributed by atoms with Gasteiger partial charge in [-0.25, -0.2) is 24.3 Å². The molecule has 234 valence electrons. The SMILES string of the molecule is CCc1nc2ccc(-c3cnc(N4CC(C(=O)NC5CCNCC5)C4)nc3)cn2c1N(C)c1nc(-c2ccc(F)cc2)c(C#N)s1. The second kappa shape index (κ2) is 12.5. The highest BCUT2D eigenvalue weighted by molar-refractivity contribution is 7.16. The predicted molar refractivity (Wildman–Crippen MR) is 176 cm³/mol. The lowest BCUT2D eigenvalue weighted by Crippen LogP contribution is -2.56. The smallest absolute Gasteiger partial charge is 0.226 e. The summed E-state index contributed by atoms with van der Waals surface area (Å²) in [6, 6.07) is 12.5. The van der Waals surface area contributed by atoms with E-state index >= 15 is 0 Å². The Morgan fingerprint density at radius 2 is 1.80 bits per heavy atom. The zero-order valence-electron chi connectivity index (χ0n) is 25.6. The average molecular weight is 637 g/mol. The van der Waals surface area contributed by atoms with Gasteiger partial charge in [-0.2, -0.15) is 5.26 Å². The van der Waals surface area contributed by atoms with Gasteiger partial charge < -0.3 is 20.4 Å². The fourth-order valence-electron chi connectivity index (χ4n) is 5.99. The Morgan fingerprint density at radius 3 is 2.50 bits per heavy atom. The molecule has 0 radical (unpaired) electrons. The number of hydrogen-bond acceptors (Lipinski definition) is 10. The number of fused-ring (bicyclic) bond motifs is 1. The predicted octanol–water partition coefficient (Wildman–Crippen LogP) is 4.56. The lowest BCUT2D eigenvalue weighted by molar-refractivity contribution is -0.126. The fraction of sp³-hybridized carbons (Fsp3) is 0.333. The number of imidazole rings is 1. The monoisotopic (exact) mass is 636 g/mol. The van der Waals surface area contributed by atoms with E-state index in [2.05, 4.69) is 33.6 Å². The number of pyridine rings is 1. The standard InChI is InChI=1S/C33H33FN10OS/c1-3-26-31(42(2)33-41-29(27(14-35)46-33)20-4-7-24(34)8-5-20)44-19-21(6-9-28(44)40-26)22-15-37-32(38-16-22)43-17-23(18-43)30(45)39-25-10-12-36-13-11-25/h4-9,15-16,19,23,25,36H,3,10-13,17-18H2,1-2H3,(H,39,45). The van der Waals surface area contributed by atoms with E-state index in [1.165, 1.54) is 23.5 Å². The number of anilines is 3. The zero-order chi connectivity index (χ0) is 31.8. The molecule has 0 bridgehead atoms. The van der Waals surface area contributed by atoms with Gasteiger partial charge in [-0.3, -0.25) is 9.20 Å². The van der Waals surface area contributed by atoms with Gasteiger partial charge in [0.25, 0.3) is 0 Å². The van der Waals surface area contributed by atoms with Crippen molar-refractivity contribution in [2.75, 3.05) is 43.0 Å². The molecule has 4 aromatic heterocycles. The number of hydrogen-bond donors (Lipinski definition) is 2. The van der Waals surface area contributed by atoms with Crippen LogP contribution in [-0.4, -0.2) is 69.5 Å². The highest BCUT2D eigenvalue weighted by atomic mass is 32.1. The van der Waals surface area contributed by atoms with Gasteiger partial charge >= 0.3 is 0 Å². The molecule has 6 heterocycles. The molecule has 2 N–H and O–H groups in total. The van der Waals surface area contributed by atoms with Crippen LogP contribution in [0.5, 0.6) is 0 Å². The number of nitriles is 1. The summed E-state index contributed by atoms with van der Waals surface area (Å²) in [5, 5.41) is 17.0. The first-order chi connectivity index (χ1) is 22.4. The van der Waals surface area contributed by atoms with Gasteiger partial charge in [-0.05, 0) is 68.8 Å². The van der Waals surface area contributed by atoms with Crippen LogP contribution in [0.4, 0.5) is 21.3 Å². The Balaban J connectivity index is 1.10. The van der Waals surface area contributed by atoms with Crippen LogP contribution < -0.4 is 20.4 Å². The summed E-state index contributed by atoms with van der Waals surface area (Å²) in [6.07, 6.45) is 8.27. The van der Waals surface area contributed by atoms with Crippen molar-refractivity contribution in [3.8, 4) is 28.5 Å². The number of benzene rings is 1. The number of thiazole rings is 1. The molecule has 0 aliphatic carbocycles. The van der Waals surface area contributed by atoms with Crippen molar-refractivity contribution in [1.82, 2.24) is 35.0 Å². The van der Waals surface area contributed by atoms with E-state index in [0.717, 1.165) is 54.2 Å². The van der Waals surface area contributed by atoms with Crippen LogP contribution in [0.15, 0.2) is 55.0 Å². The molecule has 2 aliphatic heterocycles. The van der Waals surface area contributed by atoms with Gasteiger partial charge in [0.15, 0.2) is 5.13 Å². The van der Waals surface area contributed by atoms with Crippen molar-refractivity contribution in [2.24, 2.45) is 5.92 Å². The molecule has 2 aliphatic rings. The number of carbonyl (C=O) groups is 1. The lowest BCUT2D eigenvalue weighted by atomic mass is 9.98. The Labute approximate surface area is 269 Å². The number of aryl methyl sites for hydroxylation is 1. The third-order valence-electron chi connectivity index (χ3n) is 8.63. The van der Waals surface area contributed by atoms with E-state index in [0.29, 0.717) is 46.7 Å². The molecule has 2 saturated heterocycles. The van der Waals surface area contributed by atoms with E-state index in [1.807, 2.05) is 52.0 Å². The normalized spacial score (nSPS) is 15.5. The van der Waals surface area contributed by atoms with E-state index in [9.17, 15) is 14.4 Å². The summed E-state index contributed by atoms with van der Waals surface area (Å²) in [5.74, 6) is 1.19. The fourth-order valence-corrected chi connectivity index (χ4v) is 6.84. The molecule has 5 aromatic rings. The van der Waals surface area contributed by atoms with Gasteiger partial charge in [-0.15, -0.1) is 0 Å². The first-order valence-electron chi connectivity index (χ1n) is 15.4. The van der Waals surface area contributed by atoms with E-state index in [1.54, 1.807) is 12.1 Å². The number of halogens is 1.